The third kappa shape index (κ3) is 4.02. The number of thioether (sulfide) groups is 1. The average molecular weight is 391 g/mol. The van der Waals surface area contributed by atoms with Gasteiger partial charge in [0.15, 0.2) is 5.82 Å². The quantitative estimate of drug-likeness (QED) is 0.639. The molecule has 6 heteroatoms. The van der Waals surface area contributed by atoms with Crippen molar-refractivity contribution in [2.75, 3.05) is 29.6 Å². The first-order valence-electron chi connectivity index (χ1n) is 9.38. The fourth-order valence-corrected chi connectivity index (χ4v) is 3.94. The van der Waals surface area contributed by atoms with Crippen LogP contribution in [-0.2, 0) is 0 Å². The number of hydrogen-bond acceptors (Lipinski definition) is 5. The SMILES string of the molecule is CSc1ccccc1C(=O)Nc1ccc(-c2ccc(N3CCCC3)nn2)cc1. The zero-order valence-corrected chi connectivity index (χ0v) is 16.6. The summed E-state index contributed by atoms with van der Waals surface area (Å²) in [4.78, 5) is 15.8. The summed E-state index contributed by atoms with van der Waals surface area (Å²) in [5.41, 5.74) is 3.24. The van der Waals surface area contributed by atoms with Crippen LogP contribution in [0.4, 0.5) is 11.5 Å². The molecule has 2 heterocycles. The molecule has 0 unspecified atom stereocenters. The zero-order valence-electron chi connectivity index (χ0n) is 15.8. The first-order chi connectivity index (χ1) is 13.7. The number of carbonyl (C=O) groups is 1. The Morgan fingerprint density at radius 3 is 2.39 bits per heavy atom. The lowest BCUT2D eigenvalue weighted by Crippen LogP contribution is -2.19. The number of rotatable bonds is 5. The lowest BCUT2D eigenvalue weighted by molar-refractivity contribution is 0.102. The number of aromatic nitrogens is 2. The number of carbonyl (C=O) groups excluding carboxylic acids is 1. The van der Waals surface area contributed by atoms with Crippen LogP contribution < -0.4 is 10.2 Å². The van der Waals surface area contributed by atoms with E-state index >= 15 is 0 Å². The third-order valence-corrected chi connectivity index (χ3v) is 5.67. The average Bonchev–Trinajstić information content (AvgIpc) is 3.29. The van der Waals surface area contributed by atoms with Gasteiger partial charge in [-0.3, -0.25) is 4.79 Å². The van der Waals surface area contributed by atoms with Gasteiger partial charge in [0.1, 0.15) is 0 Å². The van der Waals surface area contributed by atoms with Gasteiger partial charge in [-0.25, -0.2) is 0 Å². The molecule has 1 aromatic heterocycles. The number of amides is 1. The van der Waals surface area contributed by atoms with Crippen molar-refractivity contribution in [1.29, 1.82) is 0 Å². The molecule has 0 atom stereocenters. The van der Waals surface area contributed by atoms with Gasteiger partial charge in [0.25, 0.3) is 5.91 Å². The van der Waals surface area contributed by atoms with Gasteiger partial charge in [0.2, 0.25) is 0 Å². The second-order valence-corrected chi connectivity index (χ2v) is 7.55. The van der Waals surface area contributed by atoms with Gasteiger partial charge in [-0.05, 0) is 55.5 Å². The maximum Gasteiger partial charge on any atom is 0.256 e. The van der Waals surface area contributed by atoms with E-state index in [-0.39, 0.29) is 5.91 Å². The van der Waals surface area contributed by atoms with E-state index in [1.165, 1.54) is 12.8 Å². The first kappa shape index (κ1) is 18.5. The molecule has 0 aliphatic carbocycles. The monoisotopic (exact) mass is 390 g/mol. The summed E-state index contributed by atoms with van der Waals surface area (Å²) < 4.78 is 0. The molecule has 0 bridgehead atoms. The summed E-state index contributed by atoms with van der Waals surface area (Å²) in [6, 6.07) is 19.3. The minimum atomic E-state index is -0.104. The predicted octanol–water partition coefficient (Wildman–Crippen LogP) is 4.72. The molecule has 0 radical (unpaired) electrons. The van der Waals surface area contributed by atoms with Crippen molar-refractivity contribution < 1.29 is 4.79 Å². The molecule has 3 aromatic rings. The summed E-state index contributed by atoms with van der Waals surface area (Å²) >= 11 is 1.56. The third-order valence-electron chi connectivity index (χ3n) is 4.87. The van der Waals surface area contributed by atoms with Crippen molar-refractivity contribution in [2.45, 2.75) is 17.7 Å². The lowest BCUT2D eigenvalue weighted by Gasteiger charge is -2.15. The fraction of sp³-hybridized carbons (Fsp3) is 0.227. The first-order valence-corrected chi connectivity index (χ1v) is 10.6. The second kappa shape index (κ2) is 8.44. The van der Waals surface area contributed by atoms with Crippen LogP contribution >= 0.6 is 11.8 Å². The van der Waals surface area contributed by atoms with Gasteiger partial charge in [0.05, 0.1) is 11.3 Å². The van der Waals surface area contributed by atoms with E-state index in [1.807, 2.05) is 66.9 Å². The molecule has 4 rings (SSSR count). The zero-order chi connectivity index (χ0) is 19.3. The van der Waals surface area contributed by atoms with Crippen molar-refractivity contribution >= 4 is 29.2 Å². The van der Waals surface area contributed by atoms with Gasteiger partial charge in [-0.1, -0.05) is 24.3 Å². The Morgan fingerprint density at radius 1 is 0.964 bits per heavy atom. The van der Waals surface area contributed by atoms with Crippen LogP contribution in [0, 0.1) is 0 Å². The highest BCUT2D eigenvalue weighted by Crippen LogP contribution is 2.24. The minimum absolute atomic E-state index is 0.104. The number of anilines is 2. The predicted molar refractivity (Wildman–Crippen MR) is 115 cm³/mol. The summed E-state index contributed by atoms with van der Waals surface area (Å²) in [5.74, 6) is 0.838. The van der Waals surface area contributed by atoms with Crippen molar-refractivity contribution in [3.63, 3.8) is 0 Å². The van der Waals surface area contributed by atoms with Crippen LogP contribution in [0.25, 0.3) is 11.3 Å². The van der Waals surface area contributed by atoms with Crippen LogP contribution in [0.2, 0.25) is 0 Å². The summed E-state index contributed by atoms with van der Waals surface area (Å²) in [6.07, 6.45) is 4.41. The van der Waals surface area contributed by atoms with E-state index in [4.69, 9.17) is 0 Å². The van der Waals surface area contributed by atoms with Gasteiger partial charge in [-0.2, -0.15) is 0 Å². The standard InChI is InChI=1S/C22H22N4OS/c1-28-20-7-3-2-6-18(20)22(27)23-17-10-8-16(9-11-17)19-12-13-21(25-24-19)26-14-4-5-15-26/h2-3,6-13H,4-5,14-15H2,1H3,(H,23,27). The van der Waals surface area contributed by atoms with Crippen molar-refractivity contribution in [2.24, 2.45) is 0 Å². The highest BCUT2D eigenvalue weighted by Gasteiger charge is 2.14. The van der Waals surface area contributed by atoms with Gasteiger partial charge >= 0.3 is 0 Å². The molecule has 5 nitrogen and oxygen atoms in total. The van der Waals surface area contributed by atoms with Crippen LogP contribution in [0.3, 0.4) is 0 Å². The maximum absolute atomic E-state index is 12.6. The Balaban J connectivity index is 1.45. The summed E-state index contributed by atoms with van der Waals surface area (Å²) in [7, 11) is 0. The Morgan fingerprint density at radius 2 is 1.71 bits per heavy atom. The highest BCUT2D eigenvalue weighted by molar-refractivity contribution is 7.98. The number of nitrogens with zero attached hydrogens (tertiary/aromatic N) is 3. The Kier molecular flexibility index (Phi) is 5.58. The normalized spacial score (nSPS) is 13.5. The van der Waals surface area contributed by atoms with Gasteiger partial charge < -0.3 is 10.2 Å². The summed E-state index contributed by atoms with van der Waals surface area (Å²) in [5, 5.41) is 11.7. The molecule has 142 valence electrons. The van der Waals surface area contributed by atoms with E-state index in [1.54, 1.807) is 11.8 Å². The van der Waals surface area contributed by atoms with E-state index in [2.05, 4.69) is 20.4 Å². The highest BCUT2D eigenvalue weighted by atomic mass is 32.2. The Labute approximate surface area is 169 Å². The van der Waals surface area contributed by atoms with E-state index in [9.17, 15) is 4.79 Å². The van der Waals surface area contributed by atoms with Crippen molar-refractivity contribution in [3.05, 3.63) is 66.2 Å². The smallest absolute Gasteiger partial charge is 0.256 e. The molecular weight excluding hydrogens is 368 g/mol. The van der Waals surface area contributed by atoms with E-state index in [0.717, 1.165) is 40.7 Å². The Bertz CT molecular complexity index is 951. The molecule has 1 fully saturated rings. The number of benzene rings is 2. The molecule has 1 aliphatic heterocycles. The second-order valence-electron chi connectivity index (χ2n) is 6.70. The Hall–Kier alpha value is -2.86. The molecule has 1 amide bonds. The van der Waals surface area contributed by atoms with Gasteiger partial charge in [-0.15, -0.1) is 22.0 Å². The molecule has 0 saturated carbocycles. The fourth-order valence-electron chi connectivity index (χ4n) is 3.35. The number of nitrogens with one attached hydrogen (secondary N) is 1. The summed E-state index contributed by atoms with van der Waals surface area (Å²) in [6.45, 7) is 2.12. The molecule has 0 spiro atoms. The topological polar surface area (TPSA) is 58.1 Å². The van der Waals surface area contributed by atoms with Crippen LogP contribution in [-0.4, -0.2) is 35.4 Å². The van der Waals surface area contributed by atoms with Crippen molar-refractivity contribution in [1.82, 2.24) is 10.2 Å². The van der Waals surface area contributed by atoms with E-state index < -0.39 is 0 Å². The maximum atomic E-state index is 12.6. The molecule has 1 saturated heterocycles. The molecule has 28 heavy (non-hydrogen) atoms. The van der Waals surface area contributed by atoms with Crippen LogP contribution in [0.1, 0.15) is 23.2 Å². The van der Waals surface area contributed by atoms with Crippen LogP contribution in [0.5, 0.6) is 0 Å². The van der Waals surface area contributed by atoms with E-state index in [0.29, 0.717) is 5.56 Å². The number of hydrogen-bond donors (Lipinski definition) is 1. The molecule has 1 N–H and O–H groups in total. The van der Waals surface area contributed by atoms with Crippen LogP contribution in [0.15, 0.2) is 65.6 Å². The van der Waals surface area contributed by atoms with Crippen molar-refractivity contribution in [3.8, 4) is 11.3 Å². The molecule has 2 aromatic carbocycles. The lowest BCUT2D eigenvalue weighted by atomic mass is 10.1. The largest absolute Gasteiger partial charge is 0.355 e. The molecule has 1 aliphatic rings. The minimum Gasteiger partial charge on any atom is -0.355 e. The van der Waals surface area contributed by atoms with Gasteiger partial charge in [0, 0.05) is 29.2 Å². The molecular formula is C22H22N4OS.